The first-order chi connectivity index (χ1) is 13.4. The van der Waals surface area contributed by atoms with Crippen LogP contribution in [0.2, 0.25) is 0 Å². The summed E-state index contributed by atoms with van der Waals surface area (Å²) in [7, 11) is 0. The van der Waals surface area contributed by atoms with Gasteiger partial charge in [-0.1, -0.05) is 12.1 Å². The van der Waals surface area contributed by atoms with Crippen LogP contribution in [-0.2, 0) is 6.54 Å². The van der Waals surface area contributed by atoms with Gasteiger partial charge in [0.05, 0.1) is 6.54 Å². The van der Waals surface area contributed by atoms with Gasteiger partial charge < -0.3 is 10.6 Å². The summed E-state index contributed by atoms with van der Waals surface area (Å²) in [5.41, 5.74) is 3.74. The van der Waals surface area contributed by atoms with Crippen LogP contribution in [0, 0.1) is 6.92 Å². The average molecular weight is 376 g/mol. The lowest BCUT2D eigenvalue weighted by Crippen LogP contribution is -2.30. The number of aryl methyl sites for hydroxylation is 1. The molecule has 0 aliphatic rings. The van der Waals surface area contributed by atoms with Gasteiger partial charge >= 0.3 is 0 Å². The Kier molecular flexibility index (Phi) is 5.89. The lowest BCUT2D eigenvalue weighted by Gasteiger charge is -2.12. The van der Waals surface area contributed by atoms with E-state index < -0.39 is 0 Å². The molecule has 2 aromatic carbocycles. The molecule has 0 unspecified atom stereocenters. The highest BCUT2D eigenvalue weighted by Crippen LogP contribution is 2.18. The van der Waals surface area contributed by atoms with Crippen molar-refractivity contribution in [3.63, 3.8) is 0 Å². The maximum Gasteiger partial charge on any atom is 0.255 e. The van der Waals surface area contributed by atoms with E-state index in [2.05, 4.69) is 15.7 Å². The molecular formula is C22H24N4O2. The van der Waals surface area contributed by atoms with E-state index in [4.69, 9.17) is 0 Å². The van der Waals surface area contributed by atoms with Crippen molar-refractivity contribution in [1.29, 1.82) is 0 Å². The second-order valence-electron chi connectivity index (χ2n) is 7.01. The highest BCUT2D eigenvalue weighted by atomic mass is 16.2. The number of anilines is 1. The SMILES string of the molecule is Cc1cc(C(=O)NC(C)C)ccc1NC(=O)c1ccc(Cn2cccn2)cc1. The van der Waals surface area contributed by atoms with E-state index in [1.54, 1.807) is 36.5 Å². The van der Waals surface area contributed by atoms with Crippen LogP contribution < -0.4 is 10.6 Å². The van der Waals surface area contributed by atoms with Crippen LogP contribution in [0.25, 0.3) is 0 Å². The summed E-state index contributed by atoms with van der Waals surface area (Å²) in [4.78, 5) is 24.7. The minimum atomic E-state index is -0.187. The quantitative estimate of drug-likeness (QED) is 0.690. The molecule has 0 aliphatic carbocycles. The first kappa shape index (κ1) is 19.4. The fourth-order valence-electron chi connectivity index (χ4n) is 2.83. The second-order valence-corrected chi connectivity index (χ2v) is 7.01. The highest BCUT2D eigenvalue weighted by Gasteiger charge is 2.11. The largest absolute Gasteiger partial charge is 0.350 e. The average Bonchev–Trinajstić information content (AvgIpc) is 3.16. The van der Waals surface area contributed by atoms with Crippen LogP contribution in [0.1, 0.15) is 45.7 Å². The minimum Gasteiger partial charge on any atom is -0.350 e. The number of amides is 2. The molecule has 144 valence electrons. The van der Waals surface area contributed by atoms with Gasteiger partial charge in [0.2, 0.25) is 0 Å². The Morgan fingerprint density at radius 1 is 1.04 bits per heavy atom. The van der Waals surface area contributed by atoms with Gasteiger partial charge in [-0.25, -0.2) is 0 Å². The molecule has 1 aromatic heterocycles. The molecule has 6 heteroatoms. The molecule has 0 radical (unpaired) electrons. The number of carbonyl (C=O) groups is 2. The van der Waals surface area contributed by atoms with Gasteiger partial charge in [0.1, 0.15) is 0 Å². The third-order valence-corrected chi connectivity index (χ3v) is 4.28. The summed E-state index contributed by atoms with van der Waals surface area (Å²) in [6, 6.07) is 14.6. The number of aromatic nitrogens is 2. The summed E-state index contributed by atoms with van der Waals surface area (Å²) in [6.07, 6.45) is 3.64. The molecule has 0 atom stereocenters. The third kappa shape index (κ3) is 4.85. The molecule has 6 nitrogen and oxygen atoms in total. The number of benzene rings is 2. The normalized spacial score (nSPS) is 10.7. The van der Waals surface area contributed by atoms with Crippen LogP contribution in [0.15, 0.2) is 60.9 Å². The van der Waals surface area contributed by atoms with Crippen LogP contribution in [0.3, 0.4) is 0 Å². The zero-order chi connectivity index (χ0) is 20.1. The summed E-state index contributed by atoms with van der Waals surface area (Å²) in [6.45, 7) is 6.36. The molecule has 2 N–H and O–H groups in total. The molecule has 0 bridgehead atoms. The zero-order valence-electron chi connectivity index (χ0n) is 16.3. The van der Waals surface area contributed by atoms with Gasteiger partial charge in [-0.2, -0.15) is 5.10 Å². The molecular weight excluding hydrogens is 352 g/mol. The summed E-state index contributed by atoms with van der Waals surface area (Å²) in [5.74, 6) is -0.308. The molecule has 0 fully saturated rings. The van der Waals surface area contributed by atoms with Crippen molar-refractivity contribution >= 4 is 17.5 Å². The molecule has 1 heterocycles. The van der Waals surface area contributed by atoms with Crippen molar-refractivity contribution in [2.75, 3.05) is 5.32 Å². The van der Waals surface area contributed by atoms with Gasteiger partial charge in [0, 0.05) is 35.2 Å². The number of carbonyl (C=O) groups excluding carboxylic acids is 2. The lowest BCUT2D eigenvalue weighted by atomic mass is 10.1. The summed E-state index contributed by atoms with van der Waals surface area (Å²) >= 11 is 0. The Morgan fingerprint density at radius 3 is 2.36 bits per heavy atom. The number of hydrogen-bond acceptors (Lipinski definition) is 3. The van der Waals surface area contributed by atoms with E-state index in [-0.39, 0.29) is 17.9 Å². The molecule has 3 aromatic rings. The molecule has 3 rings (SSSR count). The molecule has 28 heavy (non-hydrogen) atoms. The maximum absolute atomic E-state index is 12.6. The standard InChI is InChI=1S/C22H24N4O2/c1-15(2)24-22(28)19-9-10-20(16(3)13-19)25-21(27)18-7-5-17(6-8-18)14-26-12-4-11-23-26/h4-13,15H,14H2,1-3H3,(H,24,28)(H,25,27). The van der Waals surface area contributed by atoms with Gasteiger partial charge in [-0.3, -0.25) is 14.3 Å². The fraction of sp³-hybridized carbons (Fsp3) is 0.227. The van der Waals surface area contributed by atoms with E-state index >= 15 is 0 Å². The van der Waals surface area contributed by atoms with Gasteiger partial charge in [0.15, 0.2) is 0 Å². The smallest absolute Gasteiger partial charge is 0.255 e. The van der Waals surface area contributed by atoms with E-state index in [9.17, 15) is 9.59 Å². The number of nitrogens with zero attached hydrogens (tertiary/aromatic N) is 2. The Bertz CT molecular complexity index is 961. The zero-order valence-corrected chi connectivity index (χ0v) is 16.3. The van der Waals surface area contributed by atoms with Crippen LogP contribution in [-0.4, -0.2) is 27.6 Å². The van der Waals surface area contributed by atoms with E-state index in [0.717, 1.165) is 11.1 Å². The maximum atomic E-state index is 12.6. The predicted octanol–water partition coefficient (Wildman–Crippen LogP) is 3.63. The van der Waals surface area contributed by atoms with Crippen molar-refractivity contribution in [3.8, 4) is 0 Å². The lowest BCUT2D eigenvalue weighted by molar-refractivity contribution is 0.0942. The highest BCUT2D eigenvalue weighted by molar-refractivity contribution is 6.05. The Balaban J connectivity index is 1.66. The van der Waals surface area contributed by atoms with Gasteiger partial charge in [-0.15, -0.1) is 0 Å². The summed E-state index contributed by atoms with van der Waals surface area (Å²) in [5, 5.41) is 9.95. The van der Waals surface area contributed by atoms with Crippen molar-refractivity contribution in [3.05, 3.63) is 83.2 Å². The number of nitrogens with one attached hydrogen (secondary N) is 2. The molecule has 0 saturated carbocycles. The van der Waals surface area contributed by atoms with Crippen molar-refractivity contribution in [2.45, 2.75) is 33.4 Å². The molecule has 0 saturated heterocycles. The topological polar surface area (TPSA) is 76.0 Å². The monoisotopic (exact) mass is 376 g/mol. The van der Waals surface area contributed by atoms with Crippen LogP contribution in [0.4, 0.5) is 5.69 Å². The predicted molar refractivity (Wildman–Crippen MR) is 110 cm³/mol. The second kappa shape index (κ2) is 8.52. The fourth-order valence-corrected chi connectivity index (χ4v) is 2.83. The van der Waals surface area contributed by atoms with E-state index in [0.29, 0.717) is 23.4 Å². The number of rotatable bonds is 6. The Labute approximate surface area is 164 Å². The molecule has 2 amide bonds. The van der Waals surface area contributed by atoms with Gasteiger partial charge in [0.25, 0.3) is 11.8 Å². The first-order valence-corrected chi connectivity index (χ1v) is 9.21. The molecule has 0 spiro atoms. The third-order valence-electron chi connectivity index (χ3n) is 4.28. The Hall–Kier alpha value is -3.41. The van der Waals surface area contributed by atoms with Crippen LogP contribution >= 0.6 is 0 Å². The first-order valence-electron chi connectivity index (χ1n) is 9.21. The van der Waals surface area contributed by atoms with Crippen molar-refractivity contribution < 1.29 is 9.59 Å². The van der Waals surface area contributed by atoms with Crippen LogP contribution in [0.5, 0.6) is 0 Å². The van der Waals surface area contributed by atoms with Crippen molar-refractivity contribution in [2.24, 2.45) is 0 Å². The van der Waals surface area contributed by atoms with E-state index in [1.807, 2.05) is 49.8 Å². The van der Waals surface area contributed by atoms with Gasteiger partial charge in [-0.05, 0) is 68.3 Å². The minimum absolute atomic E-state index is 0.0726. The van der Waals surface area contributed by atoms with E-state index in [1.165, 1.54) is 0 Å². The summed E-state index contributed by atoms with van der Waals surface area (Å²) < 4.78 is 1.83. The Morgan fingerprint density at radius 2 is 1.75 bits per heavy atom. The van der Waals surface area contributed by atoms with Crippen molar-refractivity contribution in [1.82, 2.24) is 15.1 Å². The number of hydrogen-bond donors (Lipinski definition) is 2. The molecule has 0 aliphatic heterocycles.